The number of rotatable bonds is 10. The Kier molecular flexibility index (Phi) is 8.31. The van der Waals surface area contributed by atoms with Gasteiger partial charge in [0.25, 0.3) is 0 Å². The van der Waals surface area contributed by atoms with Gasteiger partial charge < -0.3 is 36.6 Å². The van der Waals surface area contributed by atoms with Gasteiger partial charge >= 0.3 is 17.9 Å². The average Bonchev–Trinajstić information content (AvgIpc) is 3.08. The smallest absolute Gasteiger partial charge is 0.326 e. The maximum atomic E-state index is 12.6. The molecule has 0 radical (unpaired) electrons. The summed E-state index contributed by atoms with van der Waals surface area (Å²) in [6.07, 6.45) is -1.10. The van der Waals surface area contributed by atoms with E-state index in [0.717, 1.165) is 4.90 Å². The van der Waals surface area contributed by atoms with Crippen molar-refractivity contribution in [1.82, 2.24) is 15.5 Å². The van der Waals surface area contributed by atoms with Gasteiger partial charge in [0, 0.05) is 6.54 Å². The molecule has 13 heteroatoms. The van der Waals surface area contributed by atoms with Gasteiger partial charge in [-0.05, 0) is 12.8 Å². The minimum Gasteiger partial charge on any atom is -0.481 e. The van der Waals surface area contributed by atoms with Gasteiger partial charge in [-0.25, -0.2) is 4.79 Å². The van der Waals surface area contributed by atoms with Gasteiger partial charge in [-0.15, -0.1) is 0 Å². The Balaban J connectivity index is 2.99. The molecular formula is C15H22N4O9. The van der Waals surface area contributed by atoms with Crippen molar-refractivity contribution in [3.8, 4) is 0 Å². The number of nitrogens with one attached hydrogen (secondary N) is 2. The summed E-state index contributed by atoms with van der Waals surface area (Å²) in [7, 11) is 0. The molecule has 0 aromatic carbocycles. The summed E-state index contributed by atoms with van der Waals surface area (Å²) in [4.78, 5) is 70.5. The first kappa shape index (κ1) is 22.8. The number of carbonyl (C=O) groups is 6. The fourth-order valence-electron chi connectivity index (χ4n) is 2.77. The third-order valence-corrected chi connectivity index (χ3v) is 4.03. The van der Waals surface area contributed by atoms with E-state index < -0.39 is 73.1 Å². The molecule has 0 bridgehead atoms. The number of carboxylic acid groups (broad SMARTS) is 3. The monoisotopic (exact) mass is 402 g/mol. The van der Waals surface area contributed by atoms with Crippen LogP contribution in [0.15, 0.2) is 0 Å². The van der Waals surface area contributed by atoms with E-state index in [9.17, 15) is 28.8 Å². The van der Waals surface area contributed by atoms with Crippen molar-refractivity contribution in [3.05, 3.63) is 0 Å². The van der Waals surface area contributed by atoms with Crippen LogP contribution in [0.4, 0.5) is 0 Å². The van der Waals surface area contributed by atoms with E-state index in [-0.39, 0.29) is 13.0 Å². The van der Waals surface area contributed by atoms with E-state index >= 15 is 0 Å². The Morgan fingerprint density at radius 1 is 0.964 bits per heavy atom. The lowest BCUT2D eigenvalue weighted by Gasteiger charge is -2.27. The summed E-state index contributed by atoms with van der Waals surface area (Å²) in [5.41, 5.74) is 5.11. The number of amides is 3. The van der Waals surface area contributed by atoms with E-state index in [1.807, 2.05) is 0 Å². The van der Waals surface area contributed by atoms with E-state index in [4.69, 9.17) is 21.1 Å². The molecule has 28 heavy (non-hydrogen) atoms. The van der Waals surface area contributed by atoms with Crippen LogP contribution in [0.2, 0.25) is 0 Å². The molecule has 1 rings (SSSR count). The number of aliphatic carboxylic acids is 3. The molecular weight excluding hydrogens is 380 g/mol. The molecule has 1 heterocycles. The molecule has 3 atom stereocenters. The molecule has 13 nitrogen and oxygen atoms in total. The molecule has 1 saturated heterocycles. The summed E-state index contributed by atoms with van der Waals surface area (Å²) >= 11 is 0. The minimum absolute atomic E-state index is 0.0737. The zero-order valence-corrected chi connectivity index (χ0v) is 14.8. The molecule has 0 aromatic heterocycles. The highest BCUT2D eigenvalue weighted by molar-refractivity contribution is 5.96. The maximum Gasteiger partial charge on any atom is 0.326 e. The van der Waals surface area contributed by atoms with Crippen LogP contribution >= 0.6 is 0 Å². The van der Waals surface area contributed by atoms with E-state index in [1.54, 1.807) is 0 Å². The van der Waals surface area contributed by atoms with Crippen LogP contribution in [0.1, 0.15) is 25.7 Å². The van der Waals surface area contributed by atoms with Crippen LogP contribution in [0.3, 0.4) is 0 Å². The largest absolute Gasteiger partial charge is 0.481 e. The van der Waals surface area contributed by atoms with Crippen molar-refractivity contribution in [1.29, 1.82) is 0 Å². The first-order valence-corrected chi connectivity index (χ1v) is 8.33. The van der Waals surface area contributed by atoms with Crippen LogP contribution < -0.4 is 16.4 Å². The zero-order chi connectivity index (χ0) is 21.4. The lowest BCUT2D eigenvalue weighted by atomic mass is 10.1. The number of nitrogens with two attached hydrogens (primary N) is 1. The van der Waals surface area contributed by atoms with E-state index in [0.29, 0.717) is 6.42 Å². The predicted molar refractivity (Wildman–Crippen MR) is 89.8 cm³/mol. The van der Waals surface area contributed by atoms with Crippen LogP contribution in [0, 0.1) is 0 Å². The third kappa shape index (κ3) is 6.50. The van der Waals surface area contributed by atoms with Gasteiger partial charge in [-0.2, -0.15) is 0 Å². The molecule has 0 aromatic rings. The van der Waals surface area contributed by atoms with Crippen molar-refractivity contribution < 1.29 is 44.1 Å². The van der Waals surface area contributed by atoms with Crippen molar-refractivity contribution >= 4 is 35.6 Å². The highest BCUT2D eigenvalue weighted by Crippen LogP contribution is 2.19. The maximum absolute atomic E-state index is 12.6. The molecule has 3 amide bonds. The minimum atomic E-state index is -1.63. The Morgan fingerprint density at radius 3 is 2.04 bits per heavy atom. The Labute approximate surface area is 158 Å². The standard InChI is InChI=1S/C15H22N4O9/c16-6-10(20)17-7(4-11(21)22)13(25)18-8(5-12(23)24)14(26)19-3-1-2-9(19)15(27)28/h7-9H,1-6,16H2,(H,17,20)(H,18,25)(H,21,22)(H,23,24)(H,27,28). The Hall–Kier alpha value is -3.22. The second-order valence-electron chi connectivity index (χ2n) is 6.11. The van der Waals surface area contributed by atoms with Crippen LogP contribution in [0.5, 0.6) is 0 Å². The zero-order valence-electron chi connectivity index (χ0n) is 14.8. The van der Waals surface area contributed by atoms with E-state index in [1.165, 1.54) is 0 Å². The lowest BCUT2D eigenvalue weighted by molar-refractivity contribution is -0.151. The van der Waals surface area contributed by atoms with Crippen LogP contribution in [0.25, 0.3) is 0 Å². The van der Waals surface area contributed by atoms with Gasteiger partial charge in [0.15, 0.2) is 0 Å². The second-order valence-corrected chi connectivity index (χ2v) is 6.11. The molecule has 1 fully saturated rings. The lowest BCUT2D eigenvalue weighted by Crippen LogP contribution is -2.57. The molecule has 156 valence electrons. The fraction of sp³-hybridized carbons (Fsp3) is 0.600. The average molecular weight is 402 g/mol. The first-order chi connectivity index (χ1) is 13.1. The molecule has 0 aliphatic carbocycles. The number of carboxylic acids is 3. The van der Waals surface area contributed by atoms with Crippen LogP contribution in [-0.4, -0.2) is 87.1 Å². The third-order valence-electron chi connectivity index (χ3n) is 4.03. The second kappa shape index (κ2) is 10.2. The fourth-order valence-corrected chi connectivity index (χ4v) is 2.77. The number of hydrogen-bond donors (Lipinski definition) is 6. The highest BCUT2D eigenvalue weighted by Gasteiger charge is 2.39. The van der Waals surface area contributed by atoms with E-state index in [2.05, 4.69) is 10.6 Å². The molecule has 3 unspecified atom stereocenters. The van der Waals surface area contributed by atoms with Crippen molar-refractivity contribution in [3.63, 3.8) is 0 Å². The normalized spacial score (nSPS) is 18.0. The highest BCUT2D eigenvalue weighted by atomic mass is 16.4. The molecule has 0 saturated carbocycles. The summed E-state index contributed by atoms with van der Waals surface area (Å²) < 4.78 is 0. The van der Waals surface area contributed by atoms with Crippen molar-refractivity contribution in [2.45, 2.75) is 43.8 Å². The summed E-state index contributed by atoms with van der Waals surface area (Å²) in [5.74, 6) is -6.97. The van der Waals surface area contributed by atoms with Gasteiger partial charge in [0.05, 0.1) is 19.4 Å². The van der Waals surface area contributed by atoms with Crippen molar-refractivity contribution in [2.75, 3.05) is 13.1 Å². The molecule has 0 spiro atoms. The molecule has 7 N–H and O–H groups in total. The van der Waals surface area contributed by atoms with Gasteiger partial charge in [0.2, 0.25) is 17.7 Å². The van der Waals surface area contributed by atoms with Gasteiger partial charge in [-0.1, -0.05) is 0 Å². The van der Waals surface area contributed by atoms with Crippen LogP contribution in [-0.2, 0) is 28.8 Å². The quantitative estimate of drug-likeness (QED) is 0.217. The number of likely N-dealkylation sites (tertiary alicyclic amines) is 1. The van der Waals surface area contributed by atoms with Gasteiger partial charge in [-0.3, -0.25) is 24.0 Å². The summed E-state index contributed by atoms with van der Waals surface area (Å²) in [5, 5.41) is 31.2. The SMILES string of the molecule is NCC(=O)NC(CC(=O)O)C(=O)NC(CC(=O)O)C(=O)N1CCCC1C(=O)O. The summed E-state index contributed by atoms with van der Waals surface area (Å²) in [6.45, 7) is -0.445. The number of hydrogen-bond acceptors (Lipinski definition) is 7. The van der Waals surface area contributed by atoms with Gasteiger partial charge in [0.1, 0.15) is 18.1 Å². The summed E-state index contributed by atoms with van der Waals surface area (Å²) in [6, 6.07) is -4.37. The Morgan fingerprint density at radius 2 is 1.54 bits per heavy atom. The topological polar surface area (TPSA) is 216 Å². The number of carbonyl (C=O) groups excluding carboxylic acids is 3. The predicted octanol–water partition coefficient (Wildman–Crippen LogP) is -3.06. The first-order valence-electron chi connectivity index (χ1n) is 8.33. The Bertz CT molecular complexity index is 666. The van der Waals surface area contributed by atoms with Crippen molar-refractivity contribution in [2.24, 2.45) is 5.73 Å². The molecule has 1 aliphatic heterocycles. The molecule has 1 aliphatic rings. The number of nitrogens with zero attached hydrogens (tertiary/aromatic N) is 1.